The van der Waals surface area contributed by atoms with E-state index in [1.807, 2.05) is 0 Å². The van der Waals surface area contributed by atoms with Gasteiger partial charge in [-0.05, 0) is 44.7 Å². The number of fused-ring (bicyclic) bond motifs is 1. The van der Waals surface area contributed by atoms with E-state index in [-0.39, 0.29) is 5.79 Å². The third-order valence-corrected chi connectivity index (χ3v) is 4.76. The standard InChI is InChI=1S/C15H32N4/c1-4-16-15(17-5-2)12-11-13-9-7-8-10-14(13)19(15)18-6-3/h13-14,16-18H,4-12H2,1-3H3. The Morgan fingerprint density at radius 1 is 0.947 bits per heavy atom. The zero-order chi connectivity index (χ0) is 13.7. The van der Waals surface area contributed by atoms with Crippen LogP contribution >= 0.6 is 0 Å². The number of nitrogens with one attached hydrogen (secondary N) is 3. The van der Waals surface area contributed by atoms with Gasteiger partial charge >= 0.3 is 0 Å². The molecule has 1 aliphatic heterocycles. The second-order valence-electron chi connectivity index (χ2n) is 5.95. The topological polar surface area (TPSA) is 39.3 Å². The van der Waals surface area contributed by atoms with E-state index in [1.165, 1.54) is 38.5 Å². The molecular formula is C15H32N4. The van der Waals surface area contributed by atoms with E-state index in [0.29, 0.717) is 6.04 Å². The average Bonchev–Trinajstić information content (AvgIpc) is 2.43. The van der Waals surface area contributed by atoms with Crippen LogP contribution in [0.2, 0.25) is 0 Å². The Labute approximate surface area is 118 Å². The first kappa shape index (κ1) is 15.2. The van der Waals surface area contributed by atoms with E-state index in [4.69, 9.17) is 0 Å². The van der Waals surface area contributed by atoms with Crippen molar-refractivity contribution in [1.82, 2.24) is 21.1 Å². The molecule has 2 aliphatic rings. The predicted octanol–water partition coefficient (Wildman–Crippen LogP) is 2.04. The summed E-state index contributed by atoms with van der Waals surface area (Å²) in [5, 5.41) is 9.97. The Kier molecular flexibility index (Phi) is 5.63. The maximum absolute atomic E-state index is 3.72. The van der Waals surface area contributed by atoms with Gasteiger partial charge in [0, 0.05) is 12.6 Å². The molecule has 0 amide bonds. The molecule has 0 spiro atoms. The van der Waals surface area contributed by atoms with Crippen molar-refractivity contribution in [2.45, 2.75) is 71.1 Å². The fraction of sp³-hybridized carbons (Fsp3) is 1.00. The lowest BCUT2D eigenvalue weighted by Crippen LogP contribution is -2.76. The summed E-state index contributed by atoms with van der Waals surface area (Å²) in [6.07, 6.45) is 8.13. The molecule has 19 heavy (non-hydrogen) atoms. The molecule has 2 rings (SSSR count). The molecule has 0 bridgehead atoms. The highest BCUT2D eigenvalue weighted by Crippen LogP contribution is 2.39. The molecule has 0 aromatic carbocycles. The summed E-state index contributed by atoms with van der Waals surface area (Å²) < 4.78 is 0. The third kappa shape index (κ3) is 3.13. The highest BCUT2D eigenvalue weighted by molar-refractivity contribution is 4.97. The normalized spacial score (nSPS) is 31.1. The maximum Gasteiger partial charge on any atom is 0.138 e. The van der Waals surface area contributed by atoms with Gasteiger partial charge in [-0.25, -0.2) is 5.01 Å². The molecule has 2 unspecified atom stereocenters. The van der Waals surface area contributed by atoms with Crippen molar-refractivity contribution < 1.29 is 0 Å². The summed E-state index contributed by atoms with van der Waals surface area (Å²) in [5.74, 6) is 0.844. The number of piperidine rings is 1. The van der Waals surface area contributed by atoms with Crippen LogP contribution in [0.15, 0.2) is 0 Å². The van der Waals surface area contributed by atoms with Gasteiger partial charge < -0.3 is 0 Å². The van der Waals surface area contributed by atoms with Crippen molar-refractivity contribution >= 4 is 0 Å². The van der Waals surface area contributed by atoms with E-state index in [9.17, 15) is 0 Å². The van der Waals surface area contributed by atoms with Crippen molar-refractivity contribution in [3.05, 3.63) is 0 Å². The number of hydrogen-bond acceptors (Lipinski definition) is 4. The largest absolute Gasteiger partial charge is 0.286 e. The first-order valence-corrected chi connectivity index (χ1v) is 8.30. The van der Waals surface area contributed by atoms with E-state index >= 15 is 0 Å². The number of hydrogen-bond donors (Lipinski definition) is 3. The van der Waals surface area contributed by atoms with Crippen molar-refractivity contribution in [1.29, 1.82) is 0 Å². The fourth-order valence-electron chi connectivity index (χ4n) is 4.08. The van der Waals surface area contributed by atoms with Crippen molar-refractivity contribution in [2.75, 3.05) is 19.6 Å². The maximum atomic E-state index is 3.72. The molecule has 1 aliphatic carbocycles. The van der Waals surface area contributed by atoms with E-state index in [1.54, 1.807) is 0 Å². The van der Waals surface area contributed by atoms with Crippen LogP contribution in [0, 0.1) is 5.92 Å². The van der Waals surface area contributed by atoms with Gasteiger partial charge in [-0.3, -0.25) is 16.1 Å². The molecular weight excluding hydrogens is 236 g/mol. The lowest BCUT2D eigenvalue weighted by atomic mass is 9.77. The lowest BCUT2D eigenvalue weighted by Gasteiger charge is -2.55. The van der Waals surface area contributed by atoms with Crippen LogP contribution in [-0.4, -0.2) is 36.5 Å². The SMILES string of the molecule is CCNN1C2CCCCC2CCC1(NCC)NCC. The third-order valence-electron chi connectivity index (χ3n) is 4.76. The van der Waals surface area contributed by atoms with E-state index in [2.05, 4.69) is 41.8 Å². The van der Waals surface area contributed by atoms with Crippen LogP contribution in [0.25, 0.3) is 0 Å². The molecule has 2 fully saturated rings. The molecule has 1 saturated heterocycles. The van der Waals surface area contributed by atoms with Crippen LogP contribution in [0.5, 0.6) is 0 Å². The van der Waals surface area contributed by atoms with Crippen LogP contribution < -0.4 is 16.1 Å². The molecule has 0 aromatic heterocycles. The summed E-state index contributed by atoms with van der Waals surface area (Å²) >= 11 is 0. The van der Waals surface area contributed by atoms with Crippen LogP contribution in [-0.2, 0) is 0 Å². The Balaban J connectivity index is 2.19. The van der Waals surface area contributed by atoms with Crippen molar-refractivity contribution in [3.8, 4) is 0 Å². The van der Waals surface area contributed by atoms with Gasteiger partial charge in [0.2, 0.25) is 0 Å². The van der Waals surface area contributed by atoms with Gasteiger partial charge in [0.15, 0.2) is 0 Å². The number of rotatable bonds is 6. The molecule has 0 aromatic rings. The molecule has 2 atom stereocenters. The van der Waals surface area contributed by atoms with Crippen LogP contribution in [0.4, 0.5) is 0 Å². The summed E-state index contributed by atoms with van der Waals surface area (Å²) in [7, 11) is 0. The molecule has 112 valence electrons. The average molecular weight is 268 g/mol. The van der Waals surface area contributed by atoms with Gasteiger partial charge in [-0.15, -0.1) is 0 Å². The Hall–Kier alpha value is -0.160. The summed E-state index contributed by atoms with van der Waals surface area (Å²) in [6.45, 7) is 9.63. The summed E-state index contributed by atoms with van der Waals surface area (Å²) in [4.78, 5) is 0. The first-order chi connectivity index (χ1) is 9.27. The molecule has 3 N–H and O–H groups in total. The van der Waals surface area contributed by atoms with E-state index in [0.717, 1.165) is 25.6 Å². The van der Waals surface area contributed by atoms with Crippen molar-refractivity contribution in [2.24, 2.45) is 5.92 Å². The Morgan fingerprint density at radius 3 is 2.26 bits per heavy atom. The number of hydrazine groups is 1. The lowest BCUT2D eigenvalue weighted by molar-refractivity contribution is -0.118. The minimum absolute atomic E-state index is 0.0436. The second-order valence-corrected chi connectivity index (χ2v) is 5.95. The highest BCUT2D eigenvalue weighted by atomic mass is 15.6. The monoisotopic (exact) mass is 268 g/mol. The van der Waals surface area contributed by atoms with Crippen LogP contribution in [0.3, 0.4) is 0 Å². The summed E-state index contributed by atoms with van der Waals surface area (Å²) in [5.41, 5.74) is 3.65. The van der Waals surface area contributed by atoms with Crippen molar-refractivity contribution in [3.63, 3.8) is 0 Å². The fourth-order valence-corrected chi connectivity index (χ4v) is 4.08. The molecule has 0 radical (unpaired) electrons. The van der Waals surface area contributed by atoms with Gasteiger partial charge in [0.05, 0.1) is 0 Å². The Morgan fingerprint density at radius 2 is 1.63 bits per heavy atom. The zero-order valence-corrected chi connectivity index (χ0v) is 13.0. The quantitative estimate of drug-likeness (QED) is 0.645. The minimum Gasteiger partial charge on any atom is -0.286 e. The van der Waals surface area contributed by atoms with Gasteiger partial charge in [-0.1, -0.05) is 33.6 Å². The van der Waals surface area contributed by atoms with Gasteiger partial charge in [0.1, 0.15) is 5.79 Å². The van der Waals surface area contributed by atoms with Crippen LogP contribution in [0.1, 0.15) is 59.3 Å². The summed E-state index contributed by atoms with van der Waals surface area (Å²) in [6, 6.07) is 0.695. The number of nitrogens with zero attached hydrogens (tertiary/aromatic N) is 1. The Bertz CT molecular complexity index is 263. The highest BCUT2D eigenvalue weighted by Gasteiger charge is 2.46. The molecule has 1 heterocycles. The predicted molar refractivity (Wildman–Crippen MR) is 80.6 cm³/mol. The molecule has 4 nitrogen and oxygen atoms in total. The van der Waals surface area contributed by atoms with E-state index < -0.39 is 0 Å². The first-order valence-electron chi connectivity index (χ1n) is 8.30. The zero-order valence-electron chi connectivity index (χ0n) is 13.0. The van der Waals surface area contributed by atoms with Gasteiger partial charge in [0.25, 0.3) is 0 Å². The van der Waals surface area contributed by atoms with Gasteiger partial charge in [-0.2, -0.15) is 0 Å². The smallest absolute Gasteiger partial charge is 0.138 e. The second kappa shape index (κ2) is 7.02. The molecule has 1 saturated carbocycles. The minimum atomic E-state index is -0.0436. The molecule has 4 heteroatoms.